The zero-order chi connectivity index (χ0) is 32.9. The van der Waals surface area contributed by atoms with Crippen molar-refractivity contribution in [2.45, 2.75) is 69.0 Å². The van der Waals surface area contributed by atoms with Gasteiger partial charge in [-0.2, -0.15) is 0 Å². The van der Waals surface area contributed by atoms with Crippen LogP contribution in [0.4, 0.5) is 0 Å². The van der Waals surface area contributed by atoms with Crippen molar-refractivity contribution in [1.29, 1.82) is 0 Å². The Morgan fingerprint density at radius 3 is 2.38 bits per heavy atom. The molecule has 3 aliphatic rings. The number of nitrogens with two attached hydrogens (primary N) is 1. The van der Waals surface area contributed by atoms with Crippen molar-refractivity contribution in [3.05, 3.63) is 87.5 Å². The number of halogens is 1. The van der Waals surface area contributed by atoms with Gasteiger partial charge in [0.15, 0.2) is 17.9 Å². The smallest absolute Gasteiger partial charge is 0.202 e. The molecule has 0 bridgehead atoms. The number of aliphatic hydroxyl groups excluding tert-OH is 1. The molecule has 0 radical (unpaired) electrons. The number of hydrogen-bond donors (Lipinski definition) is 5. The Kier molecular flexibility index (Phi) is 9.76. The Labute approximate surface area is 276 Å². The lowest BCUT2D eigenvalue weighted by atomic mass is 9.72. The van der Waals surface area contributed by atoms with Gasteiger partial charge in [-0.3, -0.25) is 14.4 Å². The molecule has 12 nitrogen and oxygen atoms in total. The van der Waals surface area contributed by atoms with Gasteiger partial charge in [-0.05, 0) is 18.6 Å². The maximum Gasteiger partial charge on any atom is 0.202 e. The fraction of sp³-hybridized carbons (Fsp3) is 0.382. The Bertz CT molecular complexity index is 1700. The van der Waals surface area contributed by atoms with Crippen LogP contribution in [0.25, 0.3) is 0 Å². The highest BCUT2D eigenvalue weighted by Crippen LogP contribution is 2.52. The normalized spacial score (nSPS) is 26.4. The molecule has 6 atom stereocenters. The van der Waals surface area contributed by atoms with Gasteiger partial charge >= 0.3 is 0 Å². The quantitative estimate of drug-likeness (QED) is 0.172. The molecule has 0 spiro atoms. The van der Waals surface area contributed by atoms with Crippen molar-refractivity contribution in [2.75, 3.05) is 13.7 Å². The minimum absolute atomic E-state index is 0. The number of hydrogen-bond acceptors (Lipinski definition) is 12. The van der Waals surface area contributed by atoms with E-state index in [1.54, 1.807) is 6.92 Å². The molecule has 1 fully saturated rings. The Morgan fingerprint density at radius 1 is 1.02 bits per heavy atom. The van der Waals surface area contributed by atoms with E-state index in [-0.39, 0.29) is 46.8 Å². The number of ketones is 3. The summed E-state index contributed by atoms with van der Waals surface area (Å²) in [5.74, 6) is -3.68. The van der Waals surface area contributed by atoms with Crippen LogP contribution in [0.3, 0.4) is 0 Å². The first-order valence-corrected chi connectivity index (χ1v) is 14.9. The van der Waals surface area contributed by atoms with Crippen LogP contribution in [0.5, 0.6) is 17.2 Å². The zero-order valence-electron chi connectivity index (χ0n) is 25.7. The molecular formula is C34H36ClNO11. The standard InChI is InChI=1S/C34H35NO11.ClH/c1-16-33(44-15-17-7-4-3-5-8-17)20(35)11-24(45-16)46-22-13-34(42,23(37)14-36)12-19-26(22)32(41)28-27(30(19)39)29(38)18-9-6-10-21(43-2)25(18)31(28)40;/h3-10,16,20,22,24,33,36,39,41-42H,11-15,35H2,1-2H3;1H. The van der Waals surface area contributed by atoms with Gasteiger partial charge in [0, 0.05) is 42.0 Å². The van der Waals surface area contributed by atoms with Crippen LogP contribution in [0, 0.1) is 0 Å². The molecule has 1 heterocycles. The van der Waals surface area contributed by atoms with Gasteiger partial charge in [-0.15, -0.1) is 12.4 Å². The first-order valence-electron chi connectivity index (χ1n) is 14.9. The Morgan fingerprint density at radius 2 is 1.72 bits per heavy atom. The number of rotatable bonds is 8. The van der Waals surface area contributed by atoms with Crippen molar-refractivity contribution in [1.82, 2.24) is 0 Å². The second-order valence-electron chi connectivity index (χ2n) is 11.9. The molecule has 2 aliphatic carbocycles. The third kappa shape index (κ3) is 5.91. The molecule has 1 aliphatic heterocycles. The number of methoxy groups -OCH3 is 1. The fourth-order valence-electron chi connectivity index (χ4n) is 6.77. The summed E-state index contributed by atoms with van der Waals surface area (Å²) in [6.07, 6.45) is -4.26. The van der Waals surface area contributed by atoms with E-state index in [1.165, 1.54) is 25.3 Å². The highest BCUT2D eigenvalue weighted by molar-refractivity contribution is 6.31. The number of Topliss-reactive ketones (excluding diaryl/α,β-unsaturated/α-hetero) is 1. The first kappa shape index (κ1) is 34.5. The van der Waals surface area contributed by atoms with Gasteiger partial charge < -0.3 is 45.1 Å². The third-order valence-electron chi connectivity index (χ3n) is 9.06. The van der Waals surface area contributed by atoms with Crippen LogP contribution >= 0.6 is 12.4 Å². The lowest BCUT2D eigenvalue weighted by Crippen LogP contribution is -2.54. The topological polar surface area (TPSA) is 195 Å². The summed E-state index contributed by atoms with van der Waals surface area (Å²) in [5, 5.41) is 44.3. The molecule has 3 aromatic carbocycles. The van der Waals surface area contributed by atoms with Crippen molar-refractivity contribution >= 4 is 29.8 Å². The highest BCUT2D eigenvalue weighted by atomic mass is 35.5. The molecule has 6 rings (SSSR count). The van der Waals surface area contributed by atoms with Gasteiger partial charge in [0.05, 0.1) is 48.7 Å². The summed E-state index contributed by atoms with van der Waals surface area (Å²) < 4.78 is 23.7. The van der Waals surface area contributed by atoms with Crippen LogP contribution in [0.15, 0.2) is 48.5 Å². The number of fused-ring (bicyclic) bond motifs is 3. The van der Waals surface area contributed by atoms with Crippen LogP contribution < -0.4 is 10.5 Å². The maximum atomic E-state index is 13.8. The minimum atomic E-state index is -2.24. The molecule has 47 heavy (non-hydrogen) atoms. The summed E-state index contributed by atoms with van der Waals surface area (Å²) >= 11 is 0. The summed E-state index contributed by atoms with van der Waals surface area (Å²) in [6, 6.07) is 13.4. The van der Waals surface area contributed by atoms with Crippen LogP contribution in [-0.2, 0) is 32.0 Å². The second-order valence-corrected chi connectivity index (χ2v) is 11.9. The zero-order valence-corrected chi connectivity index (χ0v) is 26.5. The maximum absolute atomic E-state index is 13.8. The molecule has 0 amide bonds. The number of carbonyl (C=O) groups is 3. The SMILES string of the molecule is COc1cccc2c1C(=O)c1c(O)c3c(c(O)c1C2=O)CC(O)(C(=O)CO)CC3OC1CC(N)C(OCc2ccccc2)C(C)O1.Cl. The predicted octanol–water partition coefficient (Wildman–Crippen LogP) is 2.65. The lowest BCUT2D eigenvalue weighted by Gasteiger charge is -2.43. The third-order valence-corrected chi connectivity index (χ3v) is 9.06. The average molecular weight is 670 g/mol. The lowest BCUT2D eigenvalue weighted by molar-refractivity contribution is -0.254. The molecule has 1 saturated heterocycles. The number of carbonyl (C=O) groups excluding carboxylic acids is 3. The average Bonchev–Trinajstić information content (AvgIpc) is 3.04. The number of aromatic hydroxyl groups is 2. The number of phenols is 2. The van der Waals surface area contributed by atoms with E-state index in [2.05, 4.69) is 0 Å². The number of aliphatic hydroxyl groups is 2. The summed E-state index contributed by atoms with van der Waals surface area (Å²) in [5.41, 5.74) is 3.93. The fourth-order valence-corrected chi connectivity index (χ4v) is 6.77. The summed E-state index contributed by atoms with van der Waals surface area (Å²) in [4.78, 5) is 40.3. The van der Waals surface area contributed by atoms with Crippen LogP contribution in [0.1, 0.15) is 74.4 Å². The van der Waals surface area contributed by atoms with Gasteiger partial charge in [-0.25, -0.2) is 0 Å². The van der Waals surface area contributed by atoms with E-state index in [0.717, 1.165) is 5.56 Å². The van der Waals surface area contributed by atoms with Crippen LogP contribution in [-0.4, -0.2) is 81.6 Å². The van der Waals surface area contributed by atoms with Crippen molar-refractivity contribution in [2.24, 2.45) is 5.73 Å². The van der Waals surface area contributed by atoms with E-state index in [9.17, 15) is 34.8 Å². The number of benzene rings is 3. The number of phenolic OH excluding ortho intramolecular Hbond substituents is 2. The van der Waals surface area contributed by atoms with Gasteiger partial charge in [-0.1, -0.05) is 42.5 Å². The van der Waals surface area contributed by atoms with Crippen LogP contribution in [0.2, 0.25) is 0 Å². The highest BCUT2D eigenvalue weighted by Gasteiger charge is 2.50. The molecule has 3 aromatic rings. The van der Waals surface area contributed by atoms with E-state index in [1.807, 2.05) is 30.3 Å². The monoisotopic (exact) mass is 669 g/mol. The predicted molar refractivity (Wildman–Crippen MR) is 168 cm³/mol. The molecule has 250 valence electrons. The Balaban J connectivity index is 0.00000433. The van der Waals surface area contributed by atoms with Gasteiger partial charge in [0.1, 0.15) is 29.5 Å². The van der Waals surface area contributed by atoms with E-state index < -0.39 is 95.7 Å². The number of ether oxygens (including phenoxy) is 4. The van der Waals surface area contributed by atoms with E-state index in [0.29, 0.717) is 6.61 Å². The summed E-state index contributed by atoms with van der Waals surface area (Å²) in [7, 11) is 1.34. The largest absolute Gasteiger partial charge is 0.507 e. The van der Waals surface area contributed by atoms with Gasteiger partial charge in [0.25, 0.3) is 0 Å². The van der Waals surface area contributed by atoms with Crippen molar-refractivity contribution in [3.8, 4) is 17.2 Å². The Hall–Kier alpha value is -3.88. The second kappa shape index (κ2) is 13.3. The van der Waals surface area contributed by atoms with Crippen molar-refractivity contribution in [3.63, 3.8) is 0 Å². The molecule has 6 N–H and O–H groups in total. The molecule has 0 aromatic heterocycles. The molecule has 6 unspecified atom stereocenters. The first-order chi connectivity index (χ1) is 22.0. The minimum Gasteiger partial charge on any atom is -0.507 e. The molecular weight excluding hydrogens is 634 g/mol. The van der Waals surface area contributed by atoms with E-state index in [4.69, 9.17) is 24.7 Å². The van der Waals surface area contributed by atoms with E-state index >= 15 is 0 Å². The van der Waals surface area contributed by atoms with Gasteiger partial charge in [0.2, 0.25) is 5.78 Å². The van der Waals surface area contributed by atoms with Crippen molar-refractivity contribution < 1.29 is 53.8 Å². The molecule has 0 saturated carbocycles. The summed E-state index contributed by atoms with van der Waals surface area (Å²) in [6.45, 7) is 1.06. The molecule has 13 heteroatoms.